The molecule has 4 aromatic rings. The number of pyridine rings is 1. The van der Waals surface area contributed by atoms with E-state index in [1.165, 1.54) is 12.1 Å². The summed E-state index contributed by atoms with van der Waals surface area (Å²) < 4.78 is 29.0. The number of rotatable bonds is 5. The molecule has 0 radical (unpaired) electrons. The third-order valence-electron chi connectivity index (χ3n) is 5.17. The van der Waals surface area contributed by atoms with Crippen LogP contribution in [0.15, 0.2) is 65.8 Å². The standard InChI is InChI=1S/C23H20ClFN2OS.ClH/c1-15-16(2)27(13-18-4-3-5-20(25)12-18)22-21(15)10-11-26-23(22)29(28)14-17-6-8-19(24)9-7-17;/h3-12H,13-14H2,1-2H3;1H. The monoisotopic (exact) mass is 462 g/mol. The van der Waals surface area contributed by atoms with Gasteiger partial charge in [-0.2, -0.15) is 0 Å². The Kier molecular flexibility index (Phi) is 6.96. The predicted octanol–water partition coefficient (Wildman–Crippen LogP) is 6.22. The molecule has 2 aromatic heterocycles. The molecule has 0 bridgehead atoms. The van der Waals surface area contributed by atoms with Crippen molar-refractivity contribution in [3.05, 3.63) is 94.0 Å². The number of halogens is 3. The van der Waals surface area contributed by atoms with Gasteiger partial charge in [-0.3, -0.25) is 4.21 Å². The fourth-order valence-electron chi connectivity index (χ4n) is 3.55. The van der Waals surface area contributed by atoms with Gasteiger partial charge in [-0.25, -0.2) is 9.37 Å². The third kappa shape index (κ3) is 4.43. The first-order chi connectivity index (χ1) is 13.9. The molecule has 0 saturated heterocycles. The van der Waals surface area contributed by atoms with Gasteiger partial charge in [0.15, 0.2) is 5.03 Å². The first kappa shape index (κ1) is 22.5. The van der Waals surface area contributed by atoms with Crippen molar-refractivity contribution in [1.29, 1.82) is 0 Å². The molecule has 4 rings (SSSR count). The van der Waals surface area contributed by atoms with Crippen LogP contribution in [0.5, 0.6) is 0 Å². The van der Waals surface area contributed by atoms with Crippen LogP contribution in [-0.2, 0) is 23.1 Å². The van der Waals surface area contributed by atoms with Crippen LogP contribution in [-0.4, -0.2) is 13.8 Å². The topological polar surface area (TPSA) is 34.9 Å². The summed E-state index contributed by atoms with van der Waals surface area (Å²) in [7, 11) is -1.33. The van der Waals surface area contributed by atoms with Crippen molar-refractivity contribution >= 4 is 45.7 Å². The first-order valence-electron chi connectivity index (χ1n) is 9.25. The maximum absolute atomic E-state index is 13.7. The Balaban J connectivity index is 0.00000256. The summed E-state index contributed by atoms with van der Waals surface area (Å²) in [5.41, 5.74) is 4.80. The number of hydrogen-bond donors (Lipinski definition) is 0. The lowest BCUT2D eigenvalue weighted by molar-refractivity contribution is 0.623. The fourth-order valence-corrected chi connectivity index (χ4v) is 4.92. The molecule has 7 heteroatoms. The van der Waals surface area contributed by atoms with Gasteiger partial charge in [0.1, 0.15) is 5.82 Å². The second-order valence-corrected chi connectivity index (χ2v) is 8.86. The zero-order chi connectivity index (χ0) is 20.5. The number of nitrogens with zero attached hydrogens (tertiary/aromatic N) is 2. The van der Waals surface area contributed by atoms with E-state index in [0.29, 0.717) is 22.3 Å². The van der Waals surface area contributed by atoms with Crippen LogP contribution in [0.25, 0.3) is 10.9 Å². The average Bonchev–Trinajstić information content (AvgIpc) is 2.95. The zero-order valence-electron chi connectivity index (χ0n) is 16.6. The van der Waals surface area contributed by atoms with Crippen molar-refractivity contribution in [2.24, 2.45) is 0 Å². The normalized spacial score (nSPS) is 12.0. The van der Waals surface area contributed by atoms with Gasteiger partial charge in [-0.1, -0.05) is 35.9 Å². The van der Waals surface area contributed by atoms with Crippen LogP contribution in [0.4, 0.5) is 4.39 Å². The Morgan fingerprint density at radius 1 is 1.07 bits per heavy atom. The molecular weight excluding hydrogens is 442 g/mol. The molecule has 0 saturated carbocycles. The highest BCUT2D eigenvalue weighted by Gasteiger charge is 2.19. The highest BCUT2D eigenvalue weighted by atomic mass is 35.5. The van der Waals surface area contributed by atoms with Gasteiger partial charge in [0, 0.05) is 28.8 Å². The van der Waals surface area contributed by atoms with Crippen LogP contribution in [0.1, 0.15) is 22.4 Å². The summed E-state index contributed by atoms with van der Waals surface area (Å²) in [5.74, 6) is 0.0880. The summed E-state index contributed by atoms with van der Waals surface area (Å²) in [6.45, 7) is 4.57. The van der Waals surface area contributed by atoms with Crippen LogP contribution >= 0.6 is 24.0 Å². The smallest absolute Gasteiger partial charge is 0.151 e. The van der Waals surface area contributed by atoms with E-state index in [0.717, 1.165) is 33.3 Å². The van der Waals surface area contributed by atoms with E-state index in [1.807, 2.05) is 38.1 Å². The lowest BCUT2D eigenvalue weighted by atomic mass is 10.2. The van der Waals surface area contributed by atoms with Crippen LogP contribution in [0.3, 0.4) is 0 Å². The van der Waals surface area contributed by atoms with Crippen molar-refractivity contribution < 1.29 is 8.60 Å². The number of fused-ring (bicyclic) bond motifs is 1. The Morgan fingerprint density at radius 2 is 1.80 bits per heavy atom. The largest absolute Gasteiger partial charge is 0.338 e. The van der Waals surface area contributed by atoms with E-state index in [-0.39, 0.29) is 18.2 Å². The van der Waals surface area contributed by atoms with Crippen molar-refractivity contribution in [3.8, 4) is 0 Å². The quantitative estimate of drug-likeness (QED) is 0.352. The lowest BCUT2D eigenvalue weighted by Crippen LogP contribution is -2.07. The van der Waals surface area contributed by atoms with Gasteiger partial charge in [-0.05, 0) is 60.9 Å². The van der Waals surface area contributed by atoms with Gasteiger partial charge in [0.05, 0.1) is 22.1 Å². The zero-order valence-corrected chi connectivity index (χ0v) is 19.0. The van der Waals surface area contributed by atoms with Crippen LogP contribution < -0.4 is 0 Å². The fraction of sp³-hybridized carbons (Fsp3) is 0.174. The van der Waals surface area contributed by atoms with Gasteiger partial charge >= 0.3 is 0 Å². The van der Waals surface area contributed by atoms with Gasteiger partial charge < -0.3 is 4.57 Å². The van der Waals surface area contributed by atoms with E-state index in [9.17, 15) is 8.60 Å². The maximum atomic E-state index is 13.7. The van der Waals surface area contributed by atoms with E-state index < -0.39 is 10.8 Å². The van der Waals surface area contributed by atoms with Gasteiger partial charge in [-0.15, -0.1) is 12.4 Å². The highest BCUT2D eigenvalue weighted by molar-refractivity contribution is 7.84. The lowest BCUT2D eigenvalue weighted by Gasteiger charge is -2.11. The summed E-state index contributed by atoms with van der Waals surface area (Å²) in [4.78, 5) is 4.47. The Hall–Kier alpha value is -2.21. The molecule has 1 atom stereocenters. The minimum atomic E-state index is -1.33. The molecule has 0 fully saturated rings. The molecule has 2 aromatic carbocycles. The first-order valence-corrected chi connectivity index (χ1v) is 11.0. The van der Waals surface area contributed by atoms with Crippen molar-refractivity contribution in [1.82, 2.24) is 9.55 Å². The molecule has 0 aliphatic carbocycles. The average molecular weight is 463 g/mol. The SMILES string of the molecule is Cc1c(C)n(Cc2cccc(F)c2)c2c(S(=O)Cc3ccc(Cl)cc3)nccc12.Cl. The van der Waals surface area contributed by atoms with Gasteiger partial charge in [0.2, 0.25) is 0 Å². The molecule has 156 valence electrons. The minimum absolute atomic E-state index is 0. The third-order valence-corrected chi connectivity index (χ3v) is 6.75. The molecular formula is C23H21Cl2FN2OS. The van der Waals surface area contributed by atoms with E-state index in [2.05, 4.69) is 9.55 Å². The van der Waals surface area contributed by atoms with Crippen molar-refractivity contribution in [3.63, 3.8) is 0 Å². The molecule has 0 aliphatic heterocycles. The molecule has 0 aliphatic rings. The number of hydrogen-bond acceptors (Lipinski definition) is 2. The molecule has 3 nitrogen and oxygen atoms in total. The second-order valence-electron chi connectivity index (χ2n) is 7.06. The minimum Gasteiger partial charge on any atom is -0.338 e. The maximum Gasteiger partial charge on any atom is 0.151 e. The molecule has 0 amide bonds. The molecule has 0 spiro atoms. The summed E-state index contributed by atoms with van der Waals surface area (Å²) >= 11 is 5.95. The van der Waals surface area contributed by atoms with Gasteiger partial charge in [0.25, 0.3) is 0 Å². The van der Waals surface area contributed by atoms with Crippen molar-refractivity contribution in [2.45, 2.75) is 31.2 Å². The second kappa shape index (κ2) is 9.29. The summed E-state index contributed by atoms with van der Waals surface area (Å²) in [6, 6.07) is 15.9. The summed E-state index contributed by atoms with van der Waals surface area (Å²) in [6.07, 6.45) is 1.70. The van der Waals surface area contributed by atoms with Crippen LogP contribution in [0, 0.1) is 19.7 Å². The predicted molar refractivity (Wildman–Crippen MR) is 124 cm³/mol. The number of aromatic nitrogens is 2. The summed E-state index contributed by atoms with van der Waals surface area (Å²) in [5, 5.41) is 2.22. The Bertz CT molecular complexity index is 1220. The van der Waals surface area contributed by atoms with Crippen LogP contribution in [0.2, 0.25) is 5.02 Å². The highest BCUT2D eigenvalue weighted by Crippen LogP contribution is 2.30. The number of benzene rings is 2. The molecule has 2 heterocycles. The molecule has 1 unspecified atom stereocenters. The molecule has 0 N–H and O–H groups in total. The van der Waals surface area contributed by atoms with E-state index in [1.54, 1.807) is 24.4 Å². The van der Waals surface area contributed by atoms with E-state index >= 15 is 0 Å². The van der Waals surface area contributed by atoms with E-state index in [4.69, 9.17) is 11.6 Å². The Morgan fingerprint density at radius 3 is 2.50 bits per heavy atom. The molecule has 30 heavy (non-hydrogen) atoms. The number of aryl methyl sites for hydroxylation is 1. The Labute approximate surface area is 188 Å². The van der Waals surface area contributed by atoms with Crippen molar-refractivity contribution in [2.75, 3.05) is 0 Å².